The van der Waals surface area contributed by atoms with Crippen molar-refractivity contribution in [1.29, 1.82) is 0 Å². The van der Waals surface area contributed by atoms with Gasteiger partial charge in [0.25, 0.3) is 0 Å². The van der Waals surface area contributed by atoms with E-state index in [9.17, 15) is 5.21 Å². The lowest BCUT2D eigenvalue weighted by atomic mass is 10.2. The number of ether oxygens (including phenoxy) is 1. The Hall–Kier alpha value is -2.52. The first-order chi connectivity index (χ1) is 11.5. The highest BCUT2D eigenvalue weighted by atomic mass is 16.5. The van der Waals surface area contributed by atoms with Crippen LogP contribution < -0.4 is 4.74 Å². The van der Waals surface area contributed by atoms with E-state index in [1.165, 1.54) is 11.4 Å². The number of hydroxylamine groups is 2. The van der Waals surface area contributed by atoms with Gasteiger partial charge in [0, 0.05) is 33.3 Å². The van der Waals surface area contributed by atoms with Gasteiger partial charge in [-0.15, -0.1) is 0 Å². The molecule has 0 aliphatic carbocycles. The van der Waals surface area contributed by atoms with E-state index in [1.807, 2.05) is 31.8 Å². The molecule has 1 N–H and O–H groups in total. The van der Waals surface area contributed by atoms with E-state index < -0.39 is 0 Å². The van der Waals surface area contributed by atoms with Crippen molar-refractivity contribution >= 4 is 11.2 Å². The van der Waals surface area contributed by atoms with Gasteiger partial charge in [0.2, 0.25) is 5.88 Å². The number of fused-ring (bicyclic) bond motifs is 1. The number of aromatic nitrogens is 6. The minimum Gasteiger partial charge on any atom is -0.471 e. The molecule has 0 bridgehead atoms. The van der Waals surface area contributed by atoms with E-state index in [1.54, 1.807) is 4.68 Å². The van der Waals surface area contributed by atoms with Crippen LogP contribution in [0.5, 0.6) is 5.88 Å². The standard InChI is InChI=1S/C15H19N7O2/c1-9-11(7-20(2)19-9)13-18-12-14(21(13)3)16-8-17-15(12)24-10-4-5-22(23)6-10/h7-8,10,23H,4-6H2,1-3H3/t10-/m0/s1. The zero-order valence-corrected chi connectivity index (χ0v) is 13.8. The van der Waals surface area contributed by atoms with Crippen molar-refractivity contribution in [3.63, 3.8) is 0 Å². The molecule has 3 aromatic rings. The quantitative estimate of drug-likeness (QED) is 0.763. The topological polar surface area (TPSA) is 94.1 Å². The molecule has 0 unspecified atom stereocenters. The lowest BCUT2D eigenvalue weighted by molar-refractivity contribution is -0.0746. The van der Waals surface area contributed by atoms with Crippen molar-refractivity contribution in [2.45, 2.75) is 19.4 Å². The van der Waals surface area contributed by atoms with Crippen molar-refractivity contribution in [3.05, 3.63) is 18.2 Å². The van der Waals surface area contributed by atoms with Gasteiger partial charge in [0.15, 0.2) is 11.2 Å². The average Bonchev–Trinajstić information content (AvgIpc) is 3.19. The average molecular weight is 329 g/mol. The van der Waals surface area contributed by atoms with Crippen LogP contribution in [0.2, 0.25) is 0 Å². The smallest absolute Gasteiger partial charge is 0.245 e. The number of imidazole rings is 1. The molecule has 0 amide bonds. The molecule has 24 heavy (non-hydrogen) atoms. The first-order valence-corrected chi connectivity index (χ1v) is 7.81. The summed E-state index contributed by atoms with van der Waals surface area (Å²) in [6.07, 6.45) is 4.07. The van der Waals surface area contributed by atoms with Crippen LogP contribution in [0.25, 0.3) is 22.6 Å². The predicted molar refractivity (Wildman–Crippen MR) is 85.6 cm³/mol. The summed E-state index contributed by atoms with van der Waals surface area (Å²) in [4.78, 5) is 13.3. The van der Waals surface area contributed by atoms with Gasteiger partial charge in [0.05, 0.1) is 17.8 Å². The summed E-state index contributed by atoms with van der Waals surface area (Å²) in [6.45, 7) is 3.01. The van der Waals surface area contributed by atoms with Crippen LogP contribution in [-0.4, -0.2) is 58.8 Å². The minimum absolute atomic E-state index is 0.0984. The van der Waals surface area contributed by atoms with Crippen molar-refractivity contribution in [1.82, 2.24) is 34.4 Å². The summed E-state index contributed by atoms with van der Waals surface area (Å²) in [7, 11) is 3.80. The Morgan fingerprint density at radius 3 is 2.79 bits per heavy atom. The van der Waals surface area contributed by atoms with Crippen LogP contribution in [0.15, 0.2) is 12.5 Å². The number of nitrogens with zero attached hydrogens (tertiary/aromatic N) is 7. The summed E-state index contributed by atoms with van der Waals surface area (Å²) >= 11 is 0. The molecule has 9 nitrogen and oxygen atoms in total. The van der Waals surface area contributed by atoms with Gasteiger partial charge in [-0.2, -0.15) is 15.1 Å². The van der Waals surface area contributed by atoms with Gasteiger partial charge in [-0.3, -0.25) is 4.68 Å². The molecule has 1 atom stereocenters. The second-order valence-electron chi connectivity index (χ2n) is 6.09. The summed E-state index contributed by atoms with van der Waals surface area (Å²) in [5.41, 5.74) is 3.18. The molecule has 126 valence electrons. The van der Waals surface area contributed by atoms with Crippen molar-refractivity contribution in [3.8, 4) is 17.3 Å². The van der Waals surface area contributed by atoms with Crippen LogP contribution in [0.1, 0.15) is 12.1 Å². The van der Waals surface area contributed by atoms with Gasteiger partial charge in [-0.05, 0) is 6.92 Å². The van der Waals surface area contributed by atoms with Crippen LogP contribution >= 0.6 is 0 Å². The van der Waals surface area contributed by atoms with Gasteiger partial charge >= 0.3 is 0 Å². The fourth-order valence-electron chi connectivity index (χ4n) is 3.09. The summed E-state index contributed by atoms with van der Waals surface area (Å²) in [5, 5.41) is 15.1. The van der Waals surface area contributed by atoms with Crippen LogP contribution in [0.3, 0.4) is 0 Å². The highest BCUT2D eigenvalue weighted by Crippen LogP contribution is 2.29. The van der Waals surface area contributed by atoms with Crippen molar-refractivity contribution in [2.24, 2.45) is 14.1 Å². The molecule has 1 aliphatic rings. The number of hydrogen-bond donors (Lipinski definition) is 1. The molecule has 4 heterocycles. The molecule has 0 spiro atoms. The van der Waals surface area contributed by atoms with E-state index >= 15 is 0 Å². The third kappa shape index (κ3) is 2.42. The molecule has 9 heteroatoms. The maximum absolute atomic E-state index is 9.51. The van der Waals surface area contributed by atoms with E-state index in [0.29, 0.717) is 30.1 Å². The molecule has 1 fully saturated rings. The molecule has 0 radical (unpaired) electrons. The lowest BCUT2D eigenvalue weighted by Gasteiger charge is -2.11. The summed E-state index contributed by atoms with van der Waals surface area (Å²) < 4.78 is 9.63. The van der Waals surface area contributed by atoms with Crippen LogP contribution in [0.4, 0.5) is 0 Å². The Morgan fingerprint density at radius 1 is 1.29 bits per heavy atom. The first-order valence-electron chi connectivity index (χ1n) is 7.81. The minimum atomic E-state index is -0.0984. The SMILES string of the molecule is Cc1nn(C)cc1-c1nc2c(O[C@H]3CCN(O)C3)ncnc2n1C. The Bertz CT molecular complexity index is 901. The number of rotatable bonds is 3. The molecule has 0 saturated carbocycles. The Kier molecular flexibility index (Phi) is 3.47. The van der Waals surface area contributed by atoms with Crippen LogP contribution in [-0.2, 0) is 14.1 Å². The Morgan fingerprint density at radius 2 is 2.12 bits per heavy atom. The molecular formula is C15H19N7O2. The zero-order valence-electron chi connectivity index (χ0n) is 13.8. The van der Waals surface area contributed by atoms with Gasteiger partial charge in [-0.25, -0.2) is 9.97 Å². The van der Waals surface area contributed by atoms with Crippen LogP contribution in [0, 0.1) is 6.92 Å². The third-order valence-corrected chi connectivity index (χ3v) is 4.28. The van der Waals surface area contributed by atoms with Crippen molar-refractivity contribution in [2.75, 3.05) is 13.1 Å². The maximum Gasteiger partial charge on any atom is 0.245 e. The highest BCUT2D eigenvalue weighted by Gasteiger charge is 2.25. The molecular weight excluding hydrogens is 310 g/mol. The maximum atomic E-state index is 9.51. The summed E-state index contributed by atoms with van der Waals surface area (Å²) in [5.74, 6) is 1.22. The lowest BCUT2D eigenvalue weighted by Crippen LogP contribution is -2.22. The zero-order chi connectivity index (χ0) is 16.8. The van der Waals surface area contributed by atoms with Crippen molar-refractivity contribution < 1.29 is 9.94 Å². The summed E-state index contributed by atoms with van der Waals surface area (Å²) in [6, 6.07) is 0. The third-order valence-electron chi connectivity index (χ3n) is 4.28. The van der Waals surface area contributed by atoms with E-state index in [2.05, 4.69) is 15.1 Å². The van der Waals surface area contributed by atoms with Gasteiger partial charge < -0.3 is 14.5 Å². The fraction of sp³-hybridized carbons (Fsp3) is 0.467. The second kappa shape index (κ2) is 5.53. The number of hydrogen-bond acceptors (Lipinski definition) is 7. The number of aryl methyl sites for hydroxylation is 3. The second-order valence-corrected chi connectivity index (χ2v) is 6.09. The van der Waals surface area contributed by atoms with E-state index in [0.717, 1.165) is 23.5 Å². The Balaban J connectivity index is 1.77. The monoisotopic (exact) mass is 329 g/mol. The fourth-order valence-corrected chi connectivity index (χ4v) is 3.09. The van der Waals surface area contributed by atoms with E-state index in [4.69, 9.17) is 9.72 Å². The predicted octanol–water partition coefficient (Wildman–Crippen LogP) is 0.915. The molecule has 1 saturated heterocycles. The Labute approximate surface area is 138 Å². The molecule has 4 rings (SSSR count). The first kappa shape index (κ1) is 15.0. The molecule has 3 aromatic heterocycles. The van der Waals surface area contributed by atoms with E-state index in [-0.39, 0.29) is 6.10 Å². The molecule has 1 aliphatic heterocycles. The van der Waals surface area contributed by atoms with Gasteiger partial charge in [0.1, 0.15) is 18.3 Å². The van der Waals surface area contributed by atoms with Gasteiger partial charge in [-0.1, -0.05) is 0 Å². The normalized spacial score (nSPS) is 18.6. The molecule has 0 aromatic carbocycles. The largest absolute Gasteiger partial charge is 0.471 e. The highest BCUT2D eigenvalue weighted by molar-refractivity contribution is 5.81.